The maximum Gasteiger partial charge on any atom is 0.193 e. The Morgan fingerprint density at radius 3 is 2.88 bits per heavy atom. The number of guanidine groups is 1. The Morgan fingerprint density at radius 1 is 1.40 bits per heavy atom. The summed E-state index contributed by atoms with van der Waals surface area (Å²) in [5.41, 5.74) is 2.98. The smallest absolute Gasteiger partial charge is 0.193 e. The minimum atomic E-state index is 0.108. The minimum Gasteiger partial charge on any atom is -0.385 e. The number of aliphatic imine (C=N–C) groups is 1. The second-order valence-corrected chi connectivity index (χ2v) is 7.31. The van der Waals surface area contributed by atoms with Crippen LogP contribution in [0, 0.1) is 12.3 Å². The van der Waals surface area contributed by atoms with Crippen LogP contribution in [-0.4, -0.2) is 57.9 Å². The van der Waals surface area contributed by atoms with E-state index < -0.39 is 0 Å². The fraction of sp³-hybridized carbons (Fsp3) is 0.650. The highest BCUT2D eigenvalue weighted by Crippen LogP contribution is 2.48. The summed E-state index contributed by atoms with van der Waals surface area (Å²) in [6.07, 6.45) is 3.81. The predicted molar refractivity (Wildman–Crippen MR) is 101 cm³/mol. The number of ether oxygens (including phenoxy) is 2. The van der Waals surface area contributed by atoms with Gasteiger partial charge in [0.05, 0.1) is 13.2 Å². The molecule has 0 amide bonds. The van der Waals surface area contributed by atoms with Crippen LogP contribution in [0.5, 0.6) is 0 Å². The van der Waals surface area contributed by atoms with Crippen molar-refractivity contribution in [2.24, 2.45) is 10.4 Å². The number of nitrogens with zero attached hydrogens (tertiary/aromatic N) is 2. The number of nitrogens with one attached hydrogen (secondary N) is 1. The fourth-order valence-electron chi connectivity index (χ4n) is 3.59. The van der Waals surface area contributed by atoms with Gasteiger partial charge in [-0.05, 0) is 42.7 Å². The highest BCUT2D eigenvalue weighted by molar-refractivity contribution is 5.80. The first-order chi connectivity index (χ1) is 12.2. The molecule has 1 aromatic rings. The van der Waals surface area contributed by atoms with E-state index >= 15 is 0 Å². The fourth-order valence-corrected chi connectivity index (χ4v) is 3.59. The van der Waals surface area contributed by atoms with E-state index in [1.807, 2.05) is 7.05 Å². The normalized spacial score (nSPS) is 22.8. The first-order valence-corrected chi connectivity index (χ1v) is 9.29. The van der Waals surface area contributed by atoms with E-state index in [2.05, 4.69) is 46.4 Å². The van der Waals surface area contributed by atoms with E-state index in [4.69, 9.17) is 9.47 Å². The number of morpholine rings is 1. The van der Waals surface area contributed by atoms with Crippen molar-refractivity contribution in [2.75, 3.05) is 47.0 Å². The average Bonchev–Trinajstić information content (AvgIpc) is 3.41. The Labute approximate surface area is 151 Å². The van der Waals surface area contributed by atoms with Crippen LogP contribution in [0.1, 0.15) is 36.5 Å². The van der Waals surface area contributed by atoms with Crippen LogP contribution in [0.25, 0.3) is 0 Å². The van der Waals surface area contributed by atoms with Crippen LogP contribution in [0.2, 0.25) is 0 Å². The zero-order chi connectivity index (χ0) is 17.7. The predicted octanol–water partition coefficient (Wildman–Crippen LogP) is 2.76. The molecule has 138 valence electrons. The molecule has 2 aliphatic rings. The summed E-state index contributed by atoms with van der Waals surface area (Å²) in [6.45, 7) is 6.43. The van der Waals surface area contributed by atoms with Crippen LogP contribution in [-0.2, 0) is 9.47 Å². The number of hydrogen-bond donors (Lipinski definition) is 1. The quantitative estimate of drug-likeness (QED) is 0.636. The highest BCUT2D eigenvalue weighted by atomic mass is 16.5. The van der Waals surface area contributed by atoms with Gasteiger partial charge >= 0.3 is 0 Å². The largest absolute Gasteiger partial charge is 0.385 e. The zero-order valence-corrected chi connectivity index (χ0v) is 15.8. The van der Waals surface area contributed by atoms with Crippen molar-refractivity contribution in [1.29, 1.82) is 0 Å². The first-order valence-electron chi connectivity index (χ1n) is 9.29. The molecule has 1 atom stereocenters. The van der Waals surface area contributed by atoms with Gasteiger partial charge in [0.25, 0.3) is 0 Å². The lowest BCUT2D eigenvalue weighted by molar-refractivity contribution is -0.00840. The lowest BCUT2D eigenvalue weighted by Gasteiger charge is -2.36. The molecule has 2 fully saturated rings. The van der Waals surface area contributed by atoms with Crippen molar-refractivity contribution >= 4 is 5.96 Å². The van der Waals surface area contributed by atoms with Crippen LogP contribution in [0.4, 0.5) is 0 Å². The molecule has 5 heteroatoms. The number of hydrogen-bond acceptors (Lipinski definition) is 3. The Bertz CT molecular complexity index is 598. The van der Waals surface area contributed by atoms with Gasteiger partial charge in [-0.1, -0.05) is 24.3 Å². The van der Waals surface area contributed by atoms with E-state index in [1.54, 1.807) is 7.11 Å². The van der Waals surface area contributed by atoms with Gasteiger partial charge in [0, 0.05) is 33.9 Å². The molecule has 1 aromatic carbocycles. The molecule has 25 heavy (non-hydrogen) atoms. The van der Waals surface area contributed by atoms with Crippen molar-refractivity contribution in [3.05, 3.63) is 35.4 Å². The number of benzene rings is 1. The summed E-state index contributed by atoms with van der Waals surface area (Å²) < 4.78 is 11.3. The Balaban J connectivity index is 1.59. The lowest BCUT2D eigenvalue weighted by Crippen LogP contribution is -2.49. The summed E-state index contributed by atoms with van der Waals surface area (Å²) in [6, 6.07) is 8.49. The molecule has 1 saturated heterocycles. The first kappa shape index (κ1) is 18.2. The lowest BCUT2D eigenvalue weighted by atomic mass is 10.0. The van der Waals surface area contributed by atoms with Crippen LogP contribution >= 0.6 is 0 Å². The van der Waals surface area contributed by atoms with Gasteiger partial charge in [-0.25, -0.2) is 0 Å². The summed E-state index contributed by atoms with van der Waals surface area (Å²) in [5.74, 6) is 0.991. The minimum absolute atomic E-state index is 0.108. The third-order valence-electron chi connectivity index (χ3n) is 5.53. The molecule has 3 rings (SSSR count). The molecular weight excluding hydrogens is 314 g/mol. The number of rotatable bonds is 6. The van der Waals surface area contributed by atoms with Crippen LogP contribution in [0.15, 0.2) is 29.3 Å². The van der Waals surface area contributed by atoms with Gasteiger partial charge in [0.2, 0.25) is 0 Å². The molecule has 5 nitrogen and oxygen atoms in total. The van der Waals surface area contributed by atoms with Gasteiger partial charge in [0.1, 0.15) is 6.10 Å². The summed E-state index contributed by atoms with van der Waals surface area (Å²) in [4.78, 5) is 6.84. The zero-order valence-electron chi connectivity index (χ0n) is 15.8. The van der Waals surface area contributed by atoms with Crippen molar-refractivity contribution in [1.82, 2.24) is 10.2 Å². The molecule has 0 bridgehead atoms. The Hall–Kier alpha value is -1.59. The van der Waals surface area contributed by atoms with Crippen molar-refractivity contribution in [3.8, 4) is 0 Å². The second kappa shape index (κ2) is 8.19. The maximum absolute atomic E-state index is 6.04. The second-order valence-electron chi connectivity index (χ2n) is 7.31. The van der Waals surface area contributed by atoms with Crippen molar-refractivity contribution in [2.45, 2.75) is 32.3 Å². The molecule has 1 aliphatic carbocycles. The van der Waals surface area contributed by atoms with Gasteiger partial charge in [-0.15, -0.1) is 0 Å². The van der Waals surface area contributed by atoms with E-state index in [-0.39, 0.29) is 6.10 Å². The topological polar surface area (TPSA) is 46.1 Å². The van der Waals surface area contributed by atoms with E-state index in [0.717, 1.165) is 45.2 Å². The van der Waals surface area contributed by atoms with Gasteiger partial charge in [-0.3, -0.25) is 4.99 Å². The summed E-state index contributed by atoms with van der Waals surface area (Å²) >= 11 is 0. The molecule has 1 unspecified atom stereocenters. The molecule has 0 aromatic heterocycles. The molecule has 1 N–H and O–H groups in total. The molecule has 1 aliphatic heterocycles. The standard InChI is InChI=1S/C20H31N3O2/c1-16-6-4-5-7-17(16)18-14-23(11-13-25-18)19(21-2)22-15-20(8-9-20)10-12-24-3/h4-7,18H,8-15H2,1-3H3,(H,21,22). The van der Waals surface area contributed by atoms with Gasteiger partial charge in [0.15, 0.2) is 5.96 Å². The Morgan fingerprint density at radius 2 is 2.20 bits per heavy atom. The third kappa shape index (κ3) is 4.53. The SMILES string of the molecule is CN=C(NCC1(CCOC)CC1)N1CCOC(c2ccccc2C)C1. The van der Waals surface area contributed by atoms with Crippen LogP contribution in [0.3, 0.4) is 0 Å². The summed E-state index contributed by atoms with van der Waals surface area (Å²) in [5, 5.41) is 3.60. The third-order valence-corrected chi connectivity index (χ3v) is 5.53. The Kier molecular flexibility index (Phi) is 5.97. The highest BCUT2D eigenvalue weighted by Gasteiger charge is 2.42. The van der Waals surface area contributed by atoms with E-state index in [9.17, 15) is 0 Å². The van der Waals surface area contributed by atoms with Crippen LogP contribution < -0.4 is 5.32 Å². The van der Waals surface area contributed by atoms with Gasteiger partial charge in [-0.2, -0.15) is 0 Å². The molecule has 0 spiro atoms. The molecule has 0 radical (unpaired) electrons. The monoisotopic (exact) mass is 345 g/mol. The number of aryl methyl sites for hydroxylation is 1. The van der Waals surface area contributed by atoms with E-state index in [1.165, 1.54) is 24.0 Å². The van der Waals surface area contributed by atoms with E-state index in [0.29, 0.717) is 5.41 Å². The number of methoxy groups -OCH3 is 1. The molecule has 1 heterocycles. The van der Waals surface area contributed by atoms with Crippen molar-refractivity contribution in [3.63, 3.8) is 0 Å². The summed E-state index contributed by atoms with van der Waals surface area (Å²) in [7, 11) is 3.65. The maximum atomic E-state index is 6.04. The average molecular weight is 345 g/mol. The molecular formula is C20H31N3O2. The van der Waals surface area contributed by atoms with Crippen molar-refractivity contribution < 1.29 is 9.47 Å². The van der Waals surface area contributed by atoms with Gasteiger partial charge < -0.3 is 19.7 Å². The molecule has 1 saturated carbocycles.